The van der Waals surface area contributed by atoms with Crippen molar-refractivity contribution in [1.29, 1.82) is 0 Å². The number of halogens is 1. The topological polar surface area (TPSA) is 73.2 Å². The van der Waals surface area contributed by atoms with E-state index in [-0.39, 0.29) is 6.79 Å². The first-order valence-corrected chi connectivity index (χ1v) is 4.64. The number of nitrogens with zero attached hydrogens (tertiary/aromatic N) is 1. The van der Waals surface area contributed by atoms with Crippen molar-refractivity contribution in [3.8, 4) is 22.6 Å². The number of hydrogen-bond acceptors (Lipinski definition) is 4. The molecule has 5 nitrogen and oxygen atoms in total. The van der Waals surface area contributed by atoms with Gasteiger partial charge < -0.3 is 15.2 Å². The number of hydrogen-bond donors (Lipinski definition) is 2. The fourth-order valence-corrected chi connectivity index (χ4v) is 1.63. The lowest BCUT2D eigenvalue weighted by Crippen LogP contribution is -1.92. The van der Waals surface area contributed by atoms with Crippen molar-refractivity contribution in [2.24, 2.45) is 0 Å². The minimum absolute atomic E-state index is 0.110. The molecular formula is C10H8FN3O2. The van der Waals surface area contributed by atoms with Crippen molar-refractivity contribution in [1.82, 2.24) is 10.2 Å². The van der Waals surface area contributed by atoms with Gasteiger partial charge in [-0.25, -0.2) is 4.39 Å². The quantitative estimate of drug-likeness (QED) is 0.765. The summed E-state index contributed by atoms with van der Waals surface area (Å²) in [4.78, 5) is 0. The average molecular weight is 221 g/mol. The summed E-state index contributed by atoms with van der Waals surface area (Å²) in [5.41, 5.74) is 6.48. The van der Waals surface area contributed by atoms with E-state index in [1.807, 2.05) is 0 Å². The first kappa shape index (κ1) is 9.02. The molecule has 0 radical (unpaired) electrons. The predicted octanol–water partition coefficient (Wildman–Crippen LogP) is 1.53. The fourth-order valence-electron chi connectivity index (χ4n) is 1.63. The predicted molar refractivity (Wildman–Crippen MR) is 54.5 cm³/mol. The van der Waals surface area contributed by atoms with Crippen molar-refractivity contribution in [2.75, 3.05) is 12.5 Å². The van der Waals surface area contributed by atoms with Gasteiger partial charge in [0.25, 0.3) is 0 Å². The summed E-state index contributed by atoms with van der Waals surface area (Å²) in [6.07, 6.45) is 1.47. The summed E-state index contributed by atoms with van der Waals surface area (Å²) in [6.45, 7) is 0.110. The van der Waals surface area contributed by atoms with Gasteiger partial charge in [0.2, 0.25) is 6.79 Å². The average Bonchev–Trinajstić information content (AvgIpc) is 2.85. The summed E-state index contributed by atoms with van der Waals surface area (Å²) in [5.74, 6) is 0.815. The summed E-state index contributed by atoms with van der Waals surface area (Å²) >= 11 is 0. The highest BCUT2D eigenvalue weighted by molar-refractivity contribution is 5.75. The molecule has 16 heavy (non-hydrogen) atoms. The fraction of sp³-hybridized carbons (Fsp3) is 0.100. The van der Waals surface area contributed by atoms with Gasteiger partial charge in [-0.05, 0) is 6.07 Å². The molecule has 2 aromatic rings. The molecule has 3 N–H and O–H groups in total. The lowest BCUT2D eigenvalue weighted by atomic mass is 10.1. The molecule has 0 amide bonds. The second-order valence-corrected chi connectivity index (χ2v) is 3.38. The minimum atomic E-state index is -0.419. The molecular weight excluding hydrogens is 213 g/mol. The Morgan fingerprint density at radius 3 is 2.69 bits per heavy atom. The number of rotatable bonds is 1. The van der Waals surface area contributed by atoms with E-state index in [4.69, 9.17) is 15.2 Å². The van der Waals surface area contributed by atoms with Crippen LogP contribution in [0.2, 0.25) is 0 Å². The summed E-state index contributed by atoms with van der Waals surface area (Å²) < 4.78 is 24.0. The van der Waals surface area contributed by atoms with Crippen LogP contribution in [-0.4, -0.2) is 17.0 Å². The van der Waals surface area contributed by atoms with E-state index in [0.717, 1.165) is 0 Å². The normalized spacial score (nSPS) is 13.1. The van der Waals surface area contributed by atoms with E-state index in [2.05, 4.69) is 10.2 Å². The van der Waals surface area contributed by atoms with Crippen LogP contribution < -0.4 is 15.2 Å². The highest BCUT2D eigenvalue weighted by Crippen LogP contribution is 2.38. The van der Waals surface area contributed by atoms with Crippen LogP contribution in [0.3, 0.4) is 0 Å². The maximum Gasteiger partial charge on any atom is 0.231 e. The number of aromatic amines is 1. The molecule has 0 unspecified atom stereocenters. The number of ether oxygens (including phenoxy) is 2. The zero-order valence-corrected chi connectivity index (χ0v) is 8.16. The van der Waals surface area contributed by atoms with Crippen LogP contribution in [0.4, 0.5) is 10.2 Å². The van der Waals surface area contributed by atoms with Gasteiger partial charge in [-0.1, -0.05) is 0 Å². The largest absolute Gasteiger partial charge is 0.454 e. The van der Waals surface area contributed by atoms with E-state index in [1.54, 1.807) is 6.07 Å². The molecule has 82 valence electrons. The first-order valence-electron chi connectivity index (χ1n) is 4.64. The Morgan fingerprint density at radius 2 is 2.00 bits per heavy atom. The zero-order chi connectivity index (χ0) is 11.1. The van der Waals surface area contributed by atoms with Gasteiger partial charge in [0.1, 0.15) is 11.6 Å². The smallest absolute Gasteiger partial charge is 0.231 e. The number of fused-ring (bicyclic) bond motifs is 1. The molecule has 0 spiro atoms. The van der Waals surface area contributed by atoms with Crippen molar-refractivity contribution in [3.05, 3.63) is 24.1 Å². The Hall–Kier alpha value is -2.24. The lowest BCUT2D eigenvalue weighted by Gasteiger charge is -2.03. The van der Waals surface area contributed by atoms with E-state index < -0.39 is 5.82 Å². The van der Waals surface area contributed by atoms with Crippen molar-refractivity contribution >= 4 is 5.82 Å². The van der Waals surface area contributed by atoms with Crippen LogP contribution in [-0.2, 0) is 0 Å². The van der Waals surface area contributed by atoms with Crippen molar-refractivity contribution in [2.45, 2.75) is 0 Å². The maximum atomic E-state index is 13.8. The second-order valence-electron chi connectivity index (χ2n) is 3.38. The maximum absolute atomic E-state index is 13.8. The minimum Gasteiger partial charge on any atom is -0.454 e. The third-order valence-electron chi connectivity index (χ3n) is 2.42. The van der Waals surface area contributed by atoms with Crippen molar-refractivity contribution < 1.29 is 13.9 Å². The van der Waals surface area contributed by atoms with Crippen LogP contribution in [0.1, 0.15) is 0 Å². The SMILES string of the molecule is Nc1[nH]ncc1-c1cc2c(cc1F)OCO2. The Morgan fingerprint density at radius 1 is 1.25 bits per heavy atom. The molecule has 2 heterocycles. The van der Waals surface area contributed by atoms with Gasteiger partial charge in [0.15, 0.2) is 11.5 Å². The van der Waals surface area contributed by atoms with Gasteiger partial charge in [-0.15, -0.1) is 0 Å². The lowest BCUT2D eigenvalue weighted by molar-refractivity contribution is 0.174. The van der Waals surface area contributed by atoms with Crippen molar-refractivity contribution in [3.63, 3.8) is 0 Å². The molecule has 1 aliphatic heterocycles. The number of nitrogens with two attached hydrogens (primary N) is 1. The molecule has 0 atom stereocenters. The Bertz CT molecular complexity index is 553. The number of nitrogen functional groups attached to an aromatic ring is 1. The number of aromatic nitrogens is 2. The van der Waals surface area contributed by atoms with Gasteiger partial charge >= 0.3 is 0 Å². The summed E-state index contributed by atoms with van der Waals surface area (Å²) in [7, 11) is 0. The molecule has 0 bridgehead atoms. The highest BCUT2D eigenvalue weighted by atomic mass is 19.1. The van der Waals surface area contributed by atoms with Crippen LogP contribution in [0.15, 0.2) is 18.3 Å². The van der Waals surface area contributed by atoms with Crippen LogP contribution in [0, 0.1) is 5.82 Å². The number of nitrogens with one attached hydrogen (secondary N) is 1. The van der Waals surface area contributed by atoms with Crippen LogP contribution in [0.5, 0.6) is 11.5 Å². The monoisotopic (exact) mass is 221 g/mol. The standard InChI is InChI=1S/C10H8FN3O2/c11-7-2-9-8(15-4-16-9)1-5(7)6-3-13-14-10(6)12/h1-3H,4H2,(H3,12,13,14). The first-order chi connectivity index (χ1) is 7.75. The molecule has 0 aliphatic carbocycles. The van der Waals surface area contributed by atoms with E-state index >= 15 is 0 Å². The van der Waals surface area contributed by atoms with Gasteiger partial charge in [-0.2, -0.15) is 5.10 Å². The number of benzene rings is 1. The van der Waals surface area contributed by atoms with Crippen LogP contribution >= 0.6 is 0 Å². The number of H-pyrrole nitrogens is 1. The van der Waals surface area contributed by atoms with E-state index in [0.29, 0.717) is 28.4 Å². The molecule has 0 saturated heterocycles. The Balaban J connectivity index is 2.18. The van der Waals surface area contributed by atoms with Gasteiger partial charge in [0.05, 0.1) is 6.20 Å². The molecule has 1 aliphatic rings. The summed E-state index contributed by atoms with van der Waals surface area (Å²) in [6, 6.07) is 2.84. The summed E-state index contributed by atoms with van der Waals surface area (Å²) in [5, 5.41) is 6.30. The molecule has 0 fully saturated rings. The van der Waals surface area contributed by atoms with Crippen LogP contribution in [0.25, 0.3) is 11.1 Å². The van der Waals surface area contributed by atoms with Gasteiger partial charge in [-0.3, -0.25) is 5.10 Å². The third kappa shape index (κ3) is 1.19. The third-order valence-corrected chi connectivity index (χ3v) is 2.42. The zero-order valence-electron chi connectivity index (χ0n) is 8.16. The molecule has 3 rings (SSSR count). The Kier molecular flexibility index (Phi) is 1.76. The number of anilines is 1. The van der Waals surface area contributed by atoms with E-state index in [1.165, 1.54) is 12.3 Å². The molecule has 6 heteroatoms. The molecule has 1 aromatic heterocycles. The van der Waals surface area contributed by atoms with E-state index in [9.17, 15) is 4.39 Å². The molecule has 1 aromatic carbocycles. The van der Waals surface area contributed by atoms with Gasteiger partial charge in [0, 0.05) is 17.2 Å². The molecule has 0 saturated carbocycles. The second kappa shape index (κ2) is 3.13. The Labute approximate surface area is 90.0 Å². The highest BCUT2D eigenvalue weighted by Gasteiger charge is 2.19.